The first-order valence-electron chi connectivity index (χ1n) is 6.34. The Hall–Kier alpha value is -1.60. The van der Waals surface area contributed by atoms with Crippen molar-refractivity contribution in [1.82, 2.24) is 4.90 Å². The van der Waals surface area contributed by atoms with Crippen molar-refractivity contribution in [3.63, 3.8) is 0 Å². The van der Waals surface area contributed by atoms with Crippen molar-refractivity contribution in [3.8, 4) is 0 Å². The summed E-state index contributed by atoms with van der Waals surface area (Å²) in [6.07, 6.45) is 0. The summed E-state index contributed by atoms with van der Waals surface area (Å²) in [4.78, 5) is 13.5. The number of benzene rings is 1. The Morgan fingerprint density at radius 3 is 2.60 bits per heavy atom. The van der Waals surface area contributed by atoms with Gasteiger partial charge in [-0.2, -0.15) is 0 Å². The molecule has 7 heteroatoms. The Morgan fingerprint density at radius 1 is 1.35 bits per heavy atom. The summed E-state index contributed by atoms with van der Waals surface area (Å²) in [7, 11) is -3.71. The van der Waals surface area contributed by atoms with Crippen molar-refractivity contribution in [2.24, 2.45) is 0 Å². The molecule has 20 heavy (non-hydrogen) atoms. The molecule has 1 saturated heterocycles. The Labute approximate surface area is 118 Å². The highest BCUT2D eigenvalue weighted by molar-refractivity contribution is 7.92. The first kappa shape index (κ1) is 14.8. The number of carbonyl (C=O) groups excluding carboxylic acids is 1. The fourth-order valence-corrected chi connectivity index (χ4v) is 3.45. The third kappa shape index (κ3) is 3.29. The summed E-state index contributed by atoms with van der Waals surface area (Å²) in [5, 5.41) is 0. The number of ether oxygens (including phenoxy) is 1. The maximum absolute atomic E-state index is 12.3. The summed E-state index contributed by atoms with van der Waals surface area (Å²) in [5.41, 5.74) is 6.79. The van der Waals surface area contributed by atoms with Gasteiger partial charge in [0.1, 0.15) is 5.75 Å². The molecular formula is C13H18N2O4S. The molecule has 1 amide bonds. The second-order valence-corrected chi connectivity index (χ2v) is 6.75. The molecule has 0 bridgehead atoms. The lowest BCUT2D eigenvalue weighted by Crippen LogP contribution is -2.43. The lowest BCUT2D eigenvalue weighted by Gasteiger charge is -2.26. The summed E-state index contributed by atoms with van der Waals surface area (Å²) >= 11 is 0. The van der Waals surface area contributed by atoms with Crippen molar-refractivity contribution < 1.29 is 17.9 Å². The summed E-state index contributed by atoms with van der Waals surface area (Å²) in [6, 6.07) is 4.71. The number of nitrogen functional groups attached to an aromatic ring is 1. The van der Waals surface area contributed by atoms with E-state index in [2.05, 4.69) is 0 Å². The van der Waals surface area contributed by atoms with Crippen LogP contribution in [0.3, 0.4) is 0 Å². The molecule has 0 spiro atoms. The highest BCUT2D eigenvalue weighted by Gasteiger charge is 2.26. The van der Waals surface area contributed by atoms with E-state index < -0.39 is 21.5 Å². The molecule has 0 atom stereocenters. The van der Waals surface area contributed by atoms with Crippen molar-refractivity contribution in [2.75, 3.05) is 37.8 Å². The van der Waals surface area contributed by atoms with Crippen LogP contribution in [-0.2, 0) is 19.4 Å². The maximum Gasteiger partial charge on any atom is 0.238 e. The topological polar surface area (TPSA) is 89.7 Å². The average molecular weight is 298 g/mol. The summed E-state index contributed by atoms with van der Waals surface area (Å²) in [6.45, 7) is 3.57. The molecule has 1 aliphatic heterocycles. The average Bonchev–Trinajstić information content (AvgIpc) is 2.38. The number of rotatable bonds is 3. The van der Waals surface area contributed by atoms with Crippen LogP contribution in [0, 0.1) is 6.92 Å². The number of carbonyl (C=O) groups is 1. The number of morpholine rings is 1. The lowest BCUT2D eigenvalue weighted by atomic mass is 10.2. The zero-order valence-electron chi connectivity index (χ0n) is 11.3. The van der Waals surface area contributed by atoms with Gasteiger partial charge in [0.25, 0.3) is 0 Å². The van der Waals surface area contributed by atoms with E-state index in [1.165, 1.54) is 11.0 Å². The number of hydrogen-bond donors (Lipinski definition) is 1. The molecule has 2 rings (SSSR count). The van der Waals surface area contributed by atoms with Gasteiger partial charge in [0.15, 0.2) is 9.84 Å². The fourth-order valence-electron chi connectivity index (χ4n) is 2.10. The largest absolute Gasteiger partial charge is 0.398 e. The minimum atomic E-state index is -3.71. The molecule has 0 saturated carbocycles. The maximum atomic E-state index is 12.3. The second kappa shape index (κ2) is 5.80. The van der Waals surface area contributed by atoms with Crippen LogP contribution in [0.25, 0.3) is 0 Å². The Kier molecular flexibility index (Phi) is 4.29. The zero-order chi connectivity index (χ0) is 14.8. The third-order valence-corrected chi connectivity index (χ3v) is 4.85. The van der Waals surface area contributed by atoms with Crippen molar-refractivity contribution in [3.05, 3.63) is 23.8 Å². The number of anilines is 1. The predicted molar refractivity (Wildman–Crippen MR) is 75.0 cm³/mol. The quantitative estimate of drug-likeness (QED) is 0.806. The Balaban J connectivity index is 2.16. The number of sulfone groups is 1. The summed E-state index contributed by atoms with van der Waals surface area (Å²) in [5.74, 6) is -0.964. The van der Waals surface area contributed by atoms with E-state index >= 15 is 0 Å². The Morgan fingerprint density at radius 2 is 2.00 bits per heavy atom. The van der Waals surface area contributed by atoms with Gasteiger partial charge in [-0.25, -0.2) is 8.42 Å². The fraction of sp³-hybridized carbons (Fsp3) is 0.462. The molecule has 1 fully saturated rings. The number of amides is 1. The third-order valence-electron chi connectivity index (χ3n) is 3.18. The minimum Gasteiger partial charge on any atom is -0.398 e. The van der Waals surface area contributed by atoms with Gasteiger partial charge in [-0.3, -0.25) is 4.79 Å². The van der Waals surface area contributed by atoms with Crippen molar-refractivity contribution in [2.45, 2.75) is 11.8 Å². The van der Waals surface area contributed by atoms with E-state index in [4.69, 9.17) is 10.5 Å². The molecule has 1 aromatic carbocycles. The standard InChI is InChI=1S/C13H18N2O4S/c1-10-2-3-12(11(14)8-10)20(17,18)9-13(16)15-4-6-19-7-5-15/h2-3,8H,4-7,9,14H2,1H3. The molecule has 2 N–H and O–H groups in total. The zero-order valence-corrected chi connectivity index (χ0v) is 12.1. The van der Waals surface area contributed by atoms with E-state index in [1.54, 1.807) is 12.1 Å². The number of hydrogen-bond acceptors (Lipinski definition) is 5. The molecule has 1 aromatic rings. The van der Waals surface area contributed by atoms with Crippen LogP contribution >= 0.6 is 0 Å². The van der Waals surface area contributed by atoms with Gasteiger partial charge in [0.2, 0.25) is 5.91 Å². The van der Waals surface area contributed by atoms with Gasteiger partial charge in [0.05, 0.1) is 23.8 Å². The number of aryl methyl sites for hydroxylation is 1. The smallest absolute Gasteiger partial charge is 0.238 e. The molecule has 0 aliphatic carbocycles. The SMILES string of the molecule is Cc1ccc(S(=O)(=O)CC(=O)N2CCOCC2)c(N)c1. The number of nitrogens with two attached hydrogens (primary N) is 1. The van der Waals surface area contributed by atoms with Crippen LogP contribution in [-0.4, -0.2) is 51.3 Å². The highest BCUT2D eigenvalue weighted by atomic mass is 32.2. The van der Waals surface area contributed by atoms with Crippen LogP contribution in [0.2, 0.25) is 0 Å². The normalized spacial score (nSPS) is 16.1. The predicted octanol–water partition coefficient (Wildman–Crippen LogP) is 0.210. The van der Waals surface area contributed by atoms with Gasteiger partial charge in [-0.05, 0) is 24.6 Å². The first-order valence-corrected chi connectivity index (χ1v) is 8.00. The van der Waals surface area contributed by atoms with E-state index in [0.29, 0.717) is 26.3 Å². The molecule has 0 radical (unpaired) electrons. The van der Waals surface area contributed by atoms with E-state index in [0.717, 1.165) is 5.56 Å². The van der Waals surface area contributed by atoms with Gasteiger partial charge < -0.3 is 15.4 Å². The van der Waals surface area contributed by atoms with Gasteiger partial charge in [-0.15, -0.1) is 0 Å². The van der Waals surface area contributed by atoms with Crippen LogP contribution in [0.4, 0.5) is 5.69 Å². The molecule has 6 nitrogen and oxygen atoms in total. The van der Waals surface area contributed by atoms with Gasteiger partial charge in [0, 0.05) is 13.1 Å². The Bertz CT molecular complexity index is 607. The van der Waals surface area contributed by atoms with Crippen molar-refractivity contribution in [1.29, 1.82) is 0 Å². The van der Waals surface area contributed by atoms with Gasteiger partial charge in [-0.1, -0.05) is 6.07 Å². The highest BCUT2D eigenvalue weighted by Crippen LogP contribution is 2.21. The lowest BCUT2D eigenvalue weighted by molar-refractivity contribution is -0.132. The molecular weight excluding hydrogens is 280 g/mol. The monoisotopic (exact) mass is 298 g/mol. The molecule has 0 aromatic heterocycles. The number of nitrogens with zero attached hydrogens (tertiary/aromatic N) is 1. The van der Waals surface area contributed by atoms with Crippen LogP contribution in [0.1, 0.15) is 5.56 Å². The molecule has 0 unspecified atom stereocenters. The van der Waals surface area contributed by atoms with Crippen molar-refractivity contribution >= 4 is 21.4 Å². The molecule has 1 aliphatic rings. The van der Waals surface area contributed by atoms with E-state index in [1.807, 2.05) is 6.92 Å². The summed E-state index contributed by atoms with van der Waals surface area (Å²) < 4.78 is 29.7. The van der Waals surface area contributed by atoms with E-state index in [-0.39, 0.29) is 10.6 Å². The minimum absolute atomic E-state index is 0.0182. The van der Waals surface area contributed by atoms with Crippen LogP contribution < -0.4 is 5.73 Å². The molecule has 1 heterocycles. The van der Waals surface area contributed by atoms with Crippen LogP contribution in [0.15, 0.2) is 23.1 Å². The van der Waals surface area contributed by atoms with Gasteiger partial charge >= 0.3 is 0 Å². The van der Waals surface area contributed by atoms with Crippen LogP contribution in [0.5, 0.6) is 0 Å². The van der Waals surface area contributed by atoms with E-state index in [9.17, 15) is 13.2 Å². The molecule has 110 valence electrons. The second-order valence-electron chi connectivity index (χ2n) is 4.79. The first-order chi connectivity index (χ1) is 9.40.